The molecule has 1 saturated heterocycles. The summed E-state index contributed by atoms with van der Waals surface area (Å²) in [5.41, 5.74) is 3.04. The molecule has 21 heavy (non-hydrogen) atoms. The molecule has 0 amide bonds. The molecule has 5 nitrogen and oxygen atoms in total. The number of piperidine rings is 1. The van der Waals surface area contributed by atoms with E-state index in [2.05, 4.69) is 44.8 Å². The van der Waals surface area contributed by atoms with Gasteiger partial charge in [-0.1, -0.05) is 36.8 Å². The Labute approximate surface area is 125 Å². The summed E-state index contributed by atoms with van der Waals surface area (Å²) in [6, 6.07) is 10.8. The van der Waals surface area contributed by atoms with Gasteiger partial charge >= 0.3 is 0 Å². The van der Waals surface area contributed by atoms with Crippen LogP contribution in [0.25, 0.3) is 11.3 Å². The summed E-state index contributed by atoms with van der Waals surface area (Å²) in [6.45, 7) is 2.98. The number of nitrogens with one attached hydrogen (secondary N) is 2. The van der Waals surface area contributed by atoms with Gasteiger partial charge in [0.05, 0.1) is 0 Å². The minimum Gasteiger partial charge on any atom is -0.309 e. The van der Waals surface area contributed by atoms with Crippen molar-refractivity contribution in [2.45, 2.75) is 31.8 Å². The maximum atomic E-state index is 4.28. The summed E-state index contributed by atoms with van der Waals surface area (Å²) in [4.78, 5) is 2.46. The fourth-order valence-corrected chi connectivity index (χ4v) is 2.96. The van der Waals surface area contributed by atoms with Crippen molar-refractivity contribution >= 4 is 0 Å². The third kappa shape index (κ3) is 3.49. The number of rotatable bonds is 5. The first-order valence-corrected chi connectivity index (χ1v) is 7.70. The highest BCUT2D eigenvalue weighted by atomic mass is 15.3. The number of nitrogens with zero attached hydrogens (tertiary/aromatic N) is 3. The van der Waals surface area contributed by atoms with Gasteiger partial charge in [-0.2, -0.15) is 15.4 Å². The Balaban J connectivity index is 1.58. The number of aromatic nitrogens is 3. The van der Waals surface area contributed by atoms with E-state index in [1.807, 2.05) is 18.2 Å². The Hall–Kier alpha value is -1.72. The zero-order valence-electron chi connectivity index (χ0n) is 12.5. The minimum atomic E-state index is 0.644. The quantitative estimate of drug-likeness (QED) is 0.883. The summed E-state index contributed by atoms with van der Waals surface area (Å²) in [5.74, 6) is 0. The normalized spacial score (nSPS) is 19.8. The van der Waals surface area contributed by atoms with Crippen LogP contribution in [-0.4, -0.2) is 46.5 Å². The number of aromatic amines is 1. The predicted molar refractivity (Wildman–Crippen MR) is 83.8 cm³/mol. The topological polar surface area (TPSA) is 56.8 Å². The predicted octanol–water partition coefficient (Wildman–Crippen LogP) is 2.05. The van der Waals surface area contributed by atoms with E-state index in [0.717, 1.165) is 30.0 Å². The van der Waals surface area contributed by atoms with Crippen LogP contribution in [0, 0.1) is 0 Å². The zero-order chi connectivity index (χ0) is 14.5. The number of likely N-dealkylation sites (N-methyl/N-ethyl adjacent to an activating group) is 1. The summed E-state index contributed by atoms with van der Waals surface area (Å²) >= 11 is 0. The van der Waals surface area contributed by atoms with E-state index in [4.69, 9.17) is 0 Å². The van der Waals surface area contributed by atoms with Crippen molar-refractivity contribution < 1.29 is 0 Å². The number of hydrogen-bond acceptors (Lipinski definition) is 4. The van der Waals surface area contributed by atoms with Gasteiger partial charge in [0.15, 0.2) is 0 Å². The van der Waals surface area contributed by atoms with E-state index >= 15 is 0 Å². The van der Waals surface area contributed by atoms with Crippen LogP contribution in [0.3, 0.4) is 0 Å². The summed E-state index contributed by atoms with van der Waals surface area (Å²) in [5, 5.41) is 14.8. The number of H-pyrrole nitrogens is 1. The Morgan fingerprint density at radius 3 is 2.90 bits per heavy atom. The number of likely N-dealkylation sites (tertiary alicyclic amines) is 1. The molecule has 1 aromatic heterocycles. The van der Waals surface area contributed by atoms with Crippen LogP contribution in [0.2, 0.25) is 0 Å². The van der Waals surface area contributed by atoms with Gasteiger partial charge in [0, 0.05) is 24.7 Å². The first-order chi connectivity index (χ1) is 10.3. The van der Waals surface area contributed by atoms with Crippen molar-refractivity contribution in [2.24, 2.45) is 0 Å². The lowest BCUT2D eigenvalue weighted by Gasteiger charge is -2.32. The third-order valence-electron chi connectivity index (χ3n) is 4.26. The first kappa shape index (κ1) is 14.2. The van der Waals surface area contributed by atoms with E-state index in [1.165, 1.54) is 25.8 Å². The second-order valence-electron chi connectivity index (χ2n) is 5.75. The van der Waals surface area contributed by atoms with Crippen molar-refractivity contribution in [1.82, 2.24) is 25.6 Å². The van der Waals surface area contributed by atoms with E-state index in [1.54, 1.807) is 0 Å². The van der Waals surface area contributed by atoms with Gasteiger partial charge in [0.2, 0.25) is 0 Å². The largest absolute Gasteiger partial charge is 0.309 e. The van der Waals surface area contributed by atoms with Crippen molar-refractivity contribution in [1.29, 1.82) is 0 Å². The highest BCUT2D eigenvalue weighted by Crippen LogP contribution is 2.19. The van der Waals surface area contributed by atoms with Crippen LogP contribution in [0.15, 0.2) is 30.3 Å². The van der Waals surface area contributed by atoms with Crippen LogP contribution in [0.1, 0.15) is 25.0 Å². The Bertz CT molecular complexity index is 551. The molecule has 0 spiro atoms. The lowest BCUT2D eigenvalue weighted by Crippen LogP contribution is -2.42. The second-order valence-corrected chi connectivity index (χ2v) is 5.75. The maximum absolute atomic E-state index is 4.28. The number of hydrogen-bond donors (Lipinski definition) is 2. The van der Waals surface area contributed by atoms with Crippen LogP contribution < -0.4 is 5.32 Å². The molecule has 1 fully saturated rings. The highest BCUT2D eigenvalue weighted by molar-refractivity contribution is 5.60. The molecular formula is C16H23N5. The molecule has 0 aliphatic carbocycles. The molecule has 3 rings (SSSR count). The van der Waals surface area contributed by atoms with Gasteiger partial charge in [0.25, 0.3) is 0 Å². The molecule has 5 heteroatoms. The number of benzene rings is 1. The lowest BCUT2D eigenvalue weighted by molar-refractivity contribution is 0.181. The van der Waals surface area contributed by atoms with Crippen LogP contribution in [-0.2, 0) is 6.54 Å². The summed E-state index contributed by atoms with van der Waals surface area (Å²) in [7, 11) is 2.22. The minimum absolute atomic E-state index is 0.644. The van der Waals surface area contributed by atoms with E-state index < -0.39 is 0 Å². The molecule has 0 bridgehead atoms. The average molecular weight is 285 g/mol. The Morgan fingerprint density at radius 2 is 2.10 bits per heavy atom. The molecule has 112 valence electrons. The highest BCUT2D eigenvalue weighted by Gasteiger charge is 2.18. The third-order valence-corrected chi connectivity index (χ3v) is 4.26. The van der Waals surface area contributed by atoms with Crippen molar-refractivity contribution in [3.8, 4) is 11.3 Å². The summed E-state index contributed by atoms with van der Waals surface area (Å²) < 4.78 is 0. The fourth-order valence-electron chi connectivity index (χ4n) is 2.96. The van der Waals surface area contributed by atoms with Crippen molar-refractivity contribution in [2.75, 3.05) is 20.1 Å². The Kier molecular flexibility index (Phi) is 4.62. The van der Waals surface area contributed by atoms with Crippen LogP contribution in [0.5, 0.6) is 0 Å². The van der Waals surface area contributed by atoms with Gasteiger partial charge in [-0.05, 0) is 26.4 Å². The van der Waals surface area contributed by atoms with Crippen molar-refractivity contribution in [3.63, 3.8) is 0 Å². The SMILES string of the molecule is CN1CCCCC1CNCc1n[nH]nc1-c1ccccc1. The molecule has 2 heterocycles. The molecule has 2 N–H and O–H groups in total. The van der Waals surface area contributed by atoms with Gasteiger partial charge in [-0.25, -0.2) is 0 Å². The molecule has 1 aliphatic rings. The molecule has 2 aromatic rings. The van der Waals surface area contributed by atoms with Crippen LogP contribution >= 0.6 is 0 Å². The fraction of sp³-hybridized carbons (Fsp3) is 0.500. The molecule has 0 radical (unpaired) electrons. The van der Waals surface area contributed by atoms with Gasteiger partial charge in [-0.15, -0.1) is 0 Å². The van der Waals surface area contributed by atoms with Gasteiger partial charge in [-0.3, -0.25) is 0 Å². The molecule has 1 atom stereocenters. The Morgan fingerprint density at radius 1 is 1.24 bits per heavy atom. The second kappa shape index (κ2) is 6.83. The smallest absolute Gasteiger partial charge is 0.117 e. The van der Waals surface area contributed by atoms with E-state index in [-0.39, 0.29) is 0 Å². The van der Waals surface area contributed by atoms with Gasteiger partial charge < -0.3 is 10.2 Å². The van der Waals surface area contributed by atoms with Crippen LogP contribution in [0.4, 0.5) is 0 Å². The lowest BCUT2D eigenvalue weighted by atomic mass is 10.0. The standard InChI is InChI=1S/C16H23N5/c1-21-10-6-5-9-14(21)11-17-12-15-16(19-20-18-15)13-7-3-2-4-8-13/h2-4,7-8,14,17H,5-6,9-12H2,1H3,(H,18,19,20). The average Bonchev–Trinajstić information content (AvgIpc) is 2.99. The van der Waals surface area contributed by atoms with Crippen molar-refractivity contribution in [3.05, 3.63) is 36.0 Å². The van der Waals surface area contributed by atoms with Gasteiger partial charge in [0.1, 0.15) is 11.4 Å². The zero-order valence-corrected chi connectivity index (χ0v) is 12.5. The molecule has 1 aromatic carbocycles. The first-order valence-electron chi connectivity index (χ1n) is 7.70. The molecule has 1 aliphatic heterocycles. The monoisotopic (exact) mass is 285 g/mol. The molecule has 1 unspecified atom stereocenters. The molecular weight excluding hydrogens is 262 g/mol. The maximum Gasteiger partial charge on any atom is 0.117 e. The van der Waals surface area contributed by atoms with E-state index in [9.17, 15) is 0 Å². The molecule has 0 saturated carbocycles. The summed E-state index contributed by atoms with van der Waals surface area (Å²) in [6.07, 6.45) is 3.96. The van der Waals surface area contributed by atoms with E-state index in [0.29, 0.717) is 6.04 Å².